The number of rotatable bonds is 6. The number of amides is 1. The Bertz CT molecular complexity index is 698. The zero-order valence-corrected chi connectivity index (χ0v) is 16.2. The van der Waals surface area contributed by atoms with Crippen LogP contribution in [-0.4, -0.2) is 54.2 Å². The van der Waals surface area contributed by atoms with Crippen LogP contribution in [0.1, 0.15) is 12.5 Å². The molecule has 0 radical (unpaired) electrons. The van der Waals surface area contributed by atoms with Gasteiger partial charge in [0, 0.05) is 37.6 Å². The number of piperazine rings is 1. The minimum Gasteiger partial charge on any atom is -0.497 e. The largest absolute Gasteiger partial charge is 0.497 e. The van der Waals surface area contributed by atoms with Crippen LogP contribution in [0.15, 0.2) is 59.5 Å². The lowest BCUT2D eigenvalue weighted by Crippen LogP contribution is -2.50. The lowest BCUT2D eigenvalue weighted by molar-refractivity contribution is -0.132. The summed E-state index contributed by atoms with van der Waals surface area (Å²) >= 11 is 1.61. The second kappa shape index (κ2) is 9.10. The van der Waals surface area contributed by atoms with Gasteiger partial charge < -0.3 is 9.64 Å². The highest BCUT2D eigenvalue weighted by molar-refractivity contribution is 8.00. The van der Waals surface area contributed by atoms with E-state index in [0.29, 0.717) is 0 Å². The Kier molecular flexibility index (Phi) is 6.58. The van der Waals surface area contributed by atoms with E-state index in [9.17, 15) is 4.79 Å². The molecule has 1 saturated heterocycles. The van der Waals surface area contributed by atoms with E-state index in [2.05, 4.69) is 29.2 Å². The van der Waals surface area contributed by atoms with Gasteiger partial charge in [-0.15, -0.1) is 11.8 Å². The molecule has 138 valence electrons. The molecule has 3 rings (SSSR count). The van der Waals surface area contributed by atoms with E-state index in [1.807, 2.05) is 42.2 Å². The first kappa shape index (κ1) is 18.8. The van der Waals surface area contributed by atoms with Gasteiger partial charge in [0.15, 0.2) is 0 Å². The molecule has 1 aliphatic heterocycles. The van der Waals surface area contributed by atoms with E-state index in [-0.39, 0.29) is 11.2 Å². The minimum absolute atomic E-state index is 0.0796. The zero-order chi connectivity index (χ0) is 18.4. The molecule has 2 aromatic carbocycles. The highest BCUT2D eigenvalue weighted by atomic mass is 32.2. The van der Waals surface area contributed by atoms with E-state index in [4.69, 9.17) is 4.74 Å². The molecule has 1 aliphatic rings. The Balaban J connectivity index is 1.47. The molecule has 0 unspecified atom stereocenters. The second-order valence-electron chi connectivity index (χ2n) is 6.52. The average Bonchev–Trinajstić information content (AvgIpc) is 2.69. The van der Waals surface area contributed by atoms with Gasteiger partial charge in [-0.2, -0.15) is 0 Å². The van der Waals surface area contributed by atoms with E-state index in [1.54, 1.807) is 18.9 Å². The molecule has 26 heavy (non-hydrogen) atoms. The summed E-state index contributed by atoms with van der Waals surface area (Å²) < 4.78 is 5.18. The standard InChI is InChI=1S/C21H26N2O2S/c1-17(26-20-10-8-19(25-2)9-11-20)21(24)23-14-12-22(13-15-23)16-18-6-4-3-5-7-18/h3-11,17H,12-16H2,1-2H3/t17-/m0/s1. The molecule has 0 aromatic heterocycles. The van der Waals surface area contributed by atoms with Gasteiger partial charge in [-0.05, 0) is 36.8 Å². The molecule has 0 saturated carbocycles. The predicted octanol–water partition coefficient (Wildman–Crippen LogP) is 3.52. The predicted molar refractivity (Wildman–Crippen MR) is 107 cm³/mol. The zero-order valence-electron chi connectivity index (χ0n) is 15.4. The van der Waals surface area contributed by atoms with Crippen molar-refractivity contribution in [2.45, 2.75) is 23.6 Å². The van der Waals surface area contributed by atoms with Crippen molar-refractivity contribution in [3.63, 3.8) is 0 Å². The fraction of sp³-hybridized carbons (Fsp3) is 0.381. The maximum Gasteiger partial charge on any atom is 0.235 e. The third-order valence-corrected chi connectivity index (χ3v) is 5.75. The molecule has 0 N–H and O–H groups in total. The number of hydrogen-bond donors (Lipinski definition) is 0. The molecule has 5 heteroatoms. The number of methoxy groups -OCH3 is 1. The fourth-order valence-corrected chi connectivity index (χ4v) is 4.09. The molecular weight excluding hydrogens is 344 g/mol. The van der Waals surface area contributed by atoms with E-state index < -0.39 is 0 Å². The Morgan fingerprint density at radius 1 is 1.04 bits per heavy atom. The van der Waals surface area contributed by atoms with Gasteiger partial charge in [0.05, 0.1) is 12.4 Å². The number of nitrogens with zero attached hydrogens (tertiary/aromatic N) is 2. The molecular formula is C21H26N2O2S. The lowest BCUT2D eigenvalue weighted by atomic mass is 10.2. The van der Waals surface area contributed by atoms with E-state index in [1.165, 1.54) is 5.56 Å². The quantitative estimate of drug-likeness (QED) is 0.729. The smallest absolute Gasteiger partial charge is 0.235 e. The first-order valence-corrected chi connectivity index (χ1v) is 9.89. The molecule has 1 amide bonds. The summed E-state index contributed by atoms with van der Waals surface area (Å²) in [6.45, 7) is 6.42. The van der Waals surface area contributed by atoms with Crippen LogP contribution in [0.5, 0.6) is 5.75 Å². The first-order chi connectivity index (χ1) is 12.7. The molecule has 0 bridgehead atoms. The maximum atomic E-state index is 12.8. The molecule has 4 nitrogen and oxygen atoms in total. The number of ether oxygens (including phenoxy) is 1. The number of carbonyl (C=O) groups excluding carboxylic acids is 1. The summed E-state index contributed by atoms with van der Waals surface area (Å²) in [7, 11) is 1.66. The minimum atomic E-state index is -0.0796. The molecule has 1 heterocycles. The Hall–Kier alpha value is -1.98. The van der Waals surface area contributed by atoms with Crippen LogP contribution < -0.4 is 4.74 Å². The average molecular weight is 371 g/mol. The first-order valence-electron chi connectivity index (χ1n) is 9.01. The van der Waals surface area contributed by atoms with Crippen LogP contribution in [-0.2, 0) is 11.3 Å². The van der Waals surface area contributed by atoms with Gasteiger partial charge in [-0.3, -0.25) is 9.69 Å². The Labute approximate surface area is 160 Å². The SMILES string of the molecule is COc1ccc(S[C@@H](C)C(=O)N2CCN(Cc3ccccc3)CC2)cc1. The third-order valence-electron chi connectivity index (χ3n) is 4.65. The van der Waals surface area contributed by atoms with Crippen molar-refractivity contribution >= 4 is 17.7 Å². The van der Waals surface area contributed by atoms with Gasteiger partial charge >= 0.3 is 0 Å². The number of carbonyl (C=O) groups is 1. The van der Waals surface area contributed by atoms with Crippen molar-refractivity contribution in [3.8, 4) is 5.75 Å². The summed E-state index contributed by atoms with van der Waals surface area (Å²) in [5.41, 5.74) is 1.33. The van der Waals surface area contributed by atoms with Crippen LogP contribution in [0.4, 0.5) is 0 Å². The topological polar surface area (TPSA) is 32.8 Å². The van der Waals surface area contributed by atoms with Crippen molar-refractivity contribution in [1.82, 2.24) is 9.80 Å². The van der Waals surface area contributed by atoms with Gasteiger partial charge in [0.1, 0.15) is 5.75 Å². The highest BCUT2D eigenvalue weighted by Gasteiger charge is 2.25. The molecule has 2 aromatic rings. The Morgan fingerprint density at radius 3 is 2.31 bits per heavy atom. The van der Waals surface area contributed by atoms with Crippen LogP contribution >= 0.6 is 11.8 Å². The summed E-state index contributed by atoms with van der Waals surface area (Å²) in [6.07, 6.45) is 0. The lowest BCUT2D eigenvalue weighted by Gasteiger charge is -2.35. The van der Waals surface area contributed by atoms with E-state index >= 15 is 0 Å². The fourth-order valence-electron chi connectivity index (χ4n) is 3.13. The van der Waals surface area contributed by atoms with Crippen LogP contribution in [0.25, 0.3) is 0 Å². The van der Waals surface area contributed by atoms with Crippen molar-refractivity contribution in [2.24, 2.45) is 0 Å². The van der Waals surface area contributed by atoms with Crippen molar-refractivity contribution in [1.29, 1.82) is 0 Å². The van der Waals surface area contributed by atoms with Crippen molar-refractivity contribution in [2.75, 3.05) is 33.3 Å². The highest BCUT2D eigenvalue weighted by Crippen LogP contribution is 2.26. The van der Waals surface area contributed by atoms with Crippen LogP contribution in [0.3, 0.4) is 0 Å². The van der Waals surface area contributed by atoms with Gasteiger partial charge in [-0.25, -0.2) is 0 Å². The summed E-state index contributed by atoms with van der Waals surface area (Å²) in [5.74, 6) is 1.06. The molecule has 0 aliphatic carbocycles. The van der Waals surface area contributed by atoms with Gasteiger partial charge in [-0.1, -0.05) is 30.3 Å². The van der Waals surface area contributed by atoms with Crippen LogP contribution in [0.2, 0.25) is 0 Å². The summed E-state index contributed by atoms with van der Waals surface area (Å²) in [6, 6.07) is 18.4. The number of benzene rings is 2. The number of hydrogen-bond acceptors (Lipinski definition) is 4. The number of thioether (sulfide) groups is 1. The molecule has 1 atom stereocenters. The van der Waals surface area contributed by atoms with Gasteiger partial charge in [0.2, 0.25) is 5.91 Å². The van der Waals surface area contributed by atoms with Gasteiger partial charge in [0.25, 0.3) is 0 Å². The Morgan fingerprint density at radius 2 is 1.69 bits per heavy atom. The third kappa shape index (κ3) is 5.02. The molecule has 0 spiro atoms. The summed E-state index contributed by atoms with van der Waals surface area (Å²) in [4.78, 5) is 18.3. The van der Waals surface area contributed by atoms with Crippen molar-refractivity contribution in [3.05, 3.63) is 60.2 Å². The maximum absolute atomic E-state index is 12.8. The molecule has 1 fully saturated rings. The second-order valence-corrected chi connectivity index (χ2v) is 7.94. The van der Waals surface area contributed by atoms with E-state index in [0.717, 1.165) is 43.4 Å². The van der Waals surface area contributed by atoms with Crippen LogP contribution in [0, 0.1) is 0 Å². The normalized spacial score (nSPS) is 16.3. The monoisotopic (exact) mass is 370 g/mol. The van der Waals surface area contributed by atoms with Crippen molar-refractivity contribution < 1.29 is 9.53 Å². The summed E-state index contributed by atoms with van der Waals surface area (Å²) in [5, 5.41) is -0.0796.